The van der Waals surface area contributed by atoms with Crippen molar-refractivity contribution in [2.24, 2.45) is 0 Å². The Morgan fingerprint density at radius 1 is 1.55 bits per heavy atom. The summed E-state index contributed by atoms with van der Waals surface area (Å²) in [6, 6.07) is 7.75. The second-order valence-corrected chi connectivity index (χ2v) is 5.52. The van der Waals surface area contributed by atoms with Crippen molar-refractivity contribution >= 4 is 11.6 Å². The first-order valence-corrected chi connectivity index (χ1v) is 7.30. The lowest BCUT2D eigenvalue weighted by molar-refractivity contribution is -0.132. The Morgan fingerprint density at radius 3 is 3.00 bits per heavy atom. The molecule has 1 amide bonds. The fourth-order valence-corrected chi connectivity index (χ4v) is 2.59. The number of rotatable bonds is 5. The molecule has 1 aromatic carbocycles. The molecule has 0 aliphatic carbocycles. The molecular formula is C16H24N2O2. The molecule has 1 aromatic rings. The maximum absolute atomic E-state index is 12.2. The van der Waals surface area contributed by atoms with Gasteiger partial charge in [0.2, 0.25) is 5.91 Å². The molecule has 110 valence electrons. The molecule has 1 aliphatic rings. The number of carbonyl (C=O) groups excluding carboxylic acids is 1. The number of amides is 1. The van der Waals surface area contributed by atoms with Gasteiger partial charge < -0.3 is 15.4 Å². The number of nitrogens with zero attached hydrogens (tertiary/aromatic N) is 1. The molecule has 2 unspecified atom stereocenters. The van der Waals surface area contributed by atoms with Crippen LogP contribution in [-0.2, 0) is 9.53 Å². The molecule has 1 heterocycles. The molecule has 20 heavy (non-hydrogen) atoms. The van der Waals surface area contributed by atoms with Crippen molar-refractivity contribution in [2.75, 3.05) is 19.4 Å². The van der Waals surface area contributed by atoms with E-state index in [4.69, 9.17) is 10.5 Å². The SMILES string of the molecule is CC(c1cccc(N)c1)N(C)C(=O)CCC1CCCO1. The minimum absolute atomic E-state index is 0.0375. The lowest BCUT2D eigenvalue weighted by atomic mass is 10.1. The summed E-state index contributed by atoms with van der Waals surface area (Å²) in [5.41, 5.74) is 7.59. The van der Waals surface area contributed by atoms with Crippen LogP contribution in [0.5, 0.6) is 0 Å². The lowest BCUT2D eigenvalue weighted by Gasteiger charge is -2.26. The monoisotopic (exact) mass is 276 g/mol. The van der Waals surface area contributed by atoms with E-state index >= 15 is 0 Å². The highest BCUT2D eigenvalue weighted by Gasteiger charge is 2.21. The van der Waals surface area contributed by atoms with Gasteiger partial charge in [-0.1, -0.05) is 12.1 Å². The largest absolute Gasteiger partial charge is 0.399 e. The van der Waals surface area contributed by atoms with E-state index in [2.05, 4.69) is 0 Å². The number of anilines is 1. The van der Waals surface area contributed by atoms with Gasteiger partial charge >= 0.3 is 0 Å². The second kappa shape index (κ2) is 6.75. The van der Waals surface area contributed by atoms with Crippen LogP contribution < -0.4 is 5.73 Å². The van der Waals surface area contributed by atoms with Crippen molar-refractivity contribution in [2.45, 2.75) is 44.8 Å². The Bertz CT molecular complexity index is 456. The normalized spacial score (nSPS) is 19.8. The van der Waals surface area contributed by atoms with Crippen LogP contribution in [0.1, 0.15) is 44.2 Å². The highest BCUT2D eigenvalue weighted by molar-refractivity contribution is 5.76. The summed E-state index contributed by atoms with van der Waals surface area (Å²) in [5.74, 6) is 0.162. The summed E-state index contributed by atoms with van der Waals surface area (Å²) in [6.07, 6.45) is 3.85. The second-order valence-electron chi connectivity index (χ2n) is 5.52. The molecule has 2 atom stereocenters. The molecule has 4 heteroatoms. The fourth-order valence-electron chi connectivity index (χ4n) is 2.59. The van der Waals surface area contributed by atoms with Crippen molar-refractivity contribution < 1.29 is 9.53 Å². The molecule has 1 saturated heterocycles. The molecule has 0 spiro atoms. The maximum atomic E-state index is 12.2. The van der Waals surface area contributed by atoms with Crippen LogP contribution >= 0.6 is 0 Å². The van der Waals surface area contributed by atoms with Crippen LogP contribution in [-0.4, -0.2) is 30.6 Å². The Balaban J connectivity index is 1.88. The van der Waals surface area contributed by atoms with Crippen molar-refractivity contribution in [3.8, 4) is 0 Å². The van der Waals surface area contributed by atoms with E-state index in [-0.39, 0.29) is 18.1 Å². The lowest BCUT2D eigenvalue weighted by Crippen LogP contribution is -2.30. The molecular weight excluding hydrogens is 252 g/mol. The average molecular weight is 276 g/mol. The molecule has 2 rings (SSSR count). The molecule has 0 bridgehead atoms. The summed E-state index contributed by atoms with van der Waals surface area (Å²) < 4.78 is 5.56. The Hall–Kier alpha value is -1.55. The molecule has 0 saturated carbocycles. The quantitative estimate of drug-likeness (QED) is 0.841. The fraction of sp³-hybridized carbons (Fsp3) is 0.562. The number of hydrogen-bond acceptors (Lipinski definition) is 3. The molecule has 0 aromatic heterocycles. The van der Waals surface area contributed by atoms with E-state index in [0.29, 0.717) is 6.42 Å². The third kappa shape index (κ3) is 3.73. The van der Waals surface area contributed by atoms with Crippen LogP contribution in [0.3, 0.4) is 0 Å². The summed E-state index contributed by atoms with van der Waals surface area (Å²) in [7, 11) is 1.85. The summed E-state index contributed by atoms with van der Waals surface area (Å²) in [5, 5.41) is 0. The molecule has 1 aliphatic heterocycles. The van der Waals surface area contributed by atoms with E-state index in [9.17, 15) is 4.79 Å². The third-order valence-corrected chi connectivity index (χ3v) is 4.07. The van der Waals surface area contributed by atoms with Crippen molar-refractivity contribution in [1.29, 1.82) is 0 Å². The topological polar surface area (TPSA) is 55.6 Å². The van der Waals surface area contributed by atoms with Gasteiger partial charge in [0.15, 0.2) is 0 Å². The number of hydrogen-bond donors (Lipinski definition) is 1. The minimum atomic E-state index is 0.0375. The molecule has 2 N–H and O–H groups in total. The van der Waals surface area contributed by atoms with E-state index in [1.807, 2.05) is 38.2 Å². The Labute approximate surface area is 120 Å². The van der Waals surface area contributed by atoms with Crippen molar-refractivity contribution in [3.63, 3.8) is 0 Å². The zero-order valence-corrected chi connectivity index (χ0v) is 12.3. The highest BCUT2D eigenvalue weighted by Crippen LogP contribution is 2.23. The predicted octanol–water partition coefficient (Wildman–Crippen LogP) is 2.75. The van der Waals surface area contributed by atoms with E-state index in [0.717, 1.165) is 37.1 Å². The van der Waals surface area contributed by atoms with Gasteiger partial charge in [0.1, 0.15) is 0 Å². The number of carbonyl (C=O) groups is 1. The van der Waals surface area contributed by atoms with Gasteiger partial charge in [-0.15, -0.1) is 0 Å². The highest BCUT2D eigenvalue weighted by atomic mass is 16.5. The van der Waals surface area contributed by atoms with Gasteiger partial charge in [0, 0.05) is 25.8 Å². The average Bonchev–Trinajstić information content (AvgIpc) is 2.96. The zero-order chi connectivity index (χ0) is 14.5. The first-order chi connectivity index (χ1) is 9.58. The van der Waals surface area contributed by atoms with Gasteiger partial charge in [0.05, 0.1) is 12.1 Å². The van der Waals surface area contributed by atoms with Crippen LogP contribution in [0.15, 0.2) is 24.3 Å². The number of ether oxygens (including phenoxy) is 1. The standard InChI is InChI=1S/C16H24N2O2/c1-12(13-5-3-6-14(17)11-13)18(2)16(19)9-8-15-7-4-10-20-15/h3,5-6,11-12,15H,4,7-10,17H2,1-2H3. The minimum Gasteiger partial charge on any atom is -0.399 e. The smallest absolute Gasteiger partial charge is 0.222 e. The van der Waals surface area contributed by atoms with E-state index in [1.165, 1.54) is 0 Å². The van der Waals surface area contributed by atoms with Gasteiger partial charge in [-0.3, -0.25) is 4.79 Å². The zero-order valence-electron chi connectivity index (χ0n) is 12.3. The number of nitrogen functional groups attached to an aromatic ring is 1. The van der Waals surface area contributed by atoms with Crippen LogP contribution in [0.25, 0.3) is 0 Å². The van der Waals surface area contributed by atoms with Gasteiger partial charge in [-0.2, -0.15) is 0 Å². The maximum Gasteiger partial charge on any atom is 0.222 e. The summed E-state index contributed by atoms with van der Waals surface area (Å²) in [6.45, 7) is 2.87. The van der Waals surface area contributed by atoms with Crippen LogP contribution in [0, 0.1) is 0 Å². The summed E-state index contributed by atoms with van der Waals surface area (Å²) >= 11 is 0. The van der Waals surface area contributed by atoms with E-state index in [1.54, 1.807) is 4.90 Å². The van der Waals surface area contributed by atoms with E-state index < -0.39 is 0 Å². The van der Waals surface area contributed by atoms with Gasteiger partial charge in [-0.25, -0.2) is 0 Å². The van der Waals surface area contributed by atoms with Crippen molar-refractivity contribution in [3.05, 3.63) is 29.8 Å². The molecule has 1 fully saturated rings. The number of benzene rings is 1. The van der Waals surface area contributed by atoms with Gasteiger partial charge in [0.25, 0.3) is 0 Å². The molecule has 0 radical (unpaired) electrons. The third-order valence-electron chi connectivity index (χ3n) is 4.07. The number of nitrogens with two attached hydrogens (primary N) is 1. The van der Waals surface area contributed by atoms with Crippen LogP contribution in [0.4, 0.5) is 5.69 Å². The molecule has 4 nitrogen and oxygen atoms in total. The Morgan fingerprint density at radius 2 is 2.35 bits per heavy atom. The van der Waals surface area contributed by atoms with Crippen molar-refractivity contribution in [1.82, 2.24) is 4.90 Å². The Kier molecular flexibility index (Phi) is 5.01. The van der Waals surface area contributed by atoms with Gasteiger partial charge in [-0.05, 0) is 43.9 Å². The first-order valence-electron chi connectivity index (χ1n) is 7.30. The van der Waals surface area contributed by atoms with Crippen LogP contribution in [0.2, 0.25) is 0 Å². The predicted molar refractivity (Wildman–Crippen MR) is 80.2 cm³/mol. The summed E-state index contributed by atoms with van der Waals surface area (Å²) in [4.78, 5) is 14.0. The first kappa shape index (κ1) is 14.9.